The number of rotatable bonds is 2. The lowest BCUT2D eigenvalue weighted by Crippen LogP contribution is -2.83. The number of likely N-dealkylation sites (N-methyl/N-ethyl adjacent to an activating group) is 1. The lowest BCUT2D eigenvalue weighted by Gasteiger charge is -2.68. The number of hydrogen-bond donors (Lipinski definition) is 0. The second-order valence-corrected chi connectivity index (χ2v) is 8.47. The molecular weight excluding hydrogens is 314 g/mol. The molecule has 0 aromatic heterocycles. The molecule has 5 nitrogen and oxygen atoms in total. The normalized spacial score (nSPS) is 44.0. The Balaban J connectivity index is 1.73. The molecule has 0 saturated carbocycles. The molecule has 132 valence electrons. The number of Topliss-reactive ketones (excluding diaryl/α,β-unsaturated/α-hetero) is 1. The predicted molar refractivity (Wildman–Crippen MR) is 95.1 cm³/mol. The molecule has 1 spiro atoms. The van der Waals surface area contributed by atoms with E-state index in [1.54, 1.807) is 0 Å². The SMILES string of the molecule is CCN1C(=O)C2(c3ccccc31)N1CC3(C)CN2CC(CC)(C1)C3=O. The first kappa shape index (κ1) is 15.5. The van der Waals surface area contributed by atoms with Crippen LogP contribution in [0.1, 0.15) is 32.8 Å². The van der Waals surface area contributed by atoms with Gasteiger partial charge in [-0.1, -0.05) is 32.0 Å². The highest BCUT2D eigenvalue weighted by Gasteiger charge is 2.72. The molecule has 1 aromatic rings. The average Bonchev–Trinajstić information content (AvgIpc) is 2.84. The van der Waals surface area contributed by atoms with Crippen molar-refractivity contribution >= 4 is 17.4 Å². The van der Waals surface area contributed by atoms with Crippen molar-refractivity contribution in [2.75, 3.05) is 37.6 Å². The van der Waals surface area contributed by atoms with Crippen molar-refractivity contribution in [2.24, 2.45) is 10.8 Å². The van der Waals surface area contributed by atoms with Crippen LogP contribution < -0.4 is 4.90 Å². The Labute approximate surface area is 148 Å². The topological polar surface area (TPSA) is 43.9 Å². The van der Waals surface area contributed by atoms with Crippen LogP contribution in [0.25, 0.3) is 0 Å². The maximum Gasteiger partial charge on any atom is 0.267 e. The lowest BCUT2D eigenvalue weighted by atomic mass is 9.58. The second-order valence-electron chi connectivity index (χ2n) is 8.47. The molecule has 1 aromatic carbocycles. The molecule has 2 atom stereocenters. The van der Waals surface area contributed by atoms with E-state index in [2.05, 4.69) is 35.8 Å². The Morgan fingerprint density at radius 3 is 2.24 bits per heavy atom. The van der Waals surface area contributed by atoms with Crippen LogP contribution in [0.4, 0.5) is 5.69 Å². The number of nitrogens with zero attached hydrogens (tertiary/aromatic N) is 3. The van der Waals surface area contributed by atoms with E-state index in [0.717, 1.165) is 17.7 Å². The number of benzene rings is 1. The smallest absolute Gasteiger partial charge is 0.267 e. The van der Waals surface area contributed by atoms with E-state index in [1.807, 2.05) is 24.0 Å². The Bertz CT molecular complexity index is 786. The van der Waals surface area contributed by atoms with Crippen molar-refractivity contribution in [2.45, 2.75) is 32.9 Å². The minimum Gasteiger partial charge on any atom is -0.309 e. The summed E-state index contributed by atoms with van der Waals surface area (Å²) in [5, 5.41) is 0. The molecule has 4 fully saturated rings. The molecule has 5 aliphatic rings. The molecule has 5 aliphatic heterocycles. The van der Waals surface area contributed by atoms with Crippen LogP contribution in [-0.4, -0.2) is 54.2 Å². The van der Waals surface area contributed by atoms with Crippen LogP contribution in [0.2, 0.25) is 0 Å². The maximum absolute atomic E-state index is 13.6. The third-order valence-corrected chi connectivity index (χ3v) is 7.12. The molecule has 1 amide bonds. The molecule has 0 radical (unpaired) electrons. The number of fused-ring (bicyclic) bond motifs is 1. The summed E-state index contributed by atoms with van der Waals surface area (Å²) in [6, 6.07) is 8.20. The number of carbonyl (C=O) groups excluding carboxylic acids is 2. The van der Waals surface area contributed by atoms with Gasteiger partial charge in [-0.05, 0) is 19.4 Å². The molecule has 0 N–H and O–H groups in total. The summed E-state index contributed by atoms with van der Waals surface area (Å²) in [6.45, 7) is 9.68. The molecule has 4 saturated heterocycles. The van der Waals surface area contributed by atoms with E-state index in [-0.39, 0.29) is 16.7 Å². The standard InChI is InChI=1S/C20H25N3O2/c1-4-19-12-21-10-18(3,16(19)24)11-22(13-19)20(21)14-8-6-7-9-15(14)23(5-2)17(20)25/h6-9H,4-5,10-13H2,1-3H3. The quantitative estimate of drug-likeness (QED) is 0.824. The zero-order valence-electron chi connectivity index (χ0n) is 15.2. The molecule has 0 aliphatic carbocycles. The summed E-state index contributed by atoms with van der Waals surface area (Å²) in [4.78, 5) is 33.4. The van der Waals surface area contributed by atoms with E-state index in [0.29, 0.717) is 38.5 Å². The summed E-state index contributed by atoms with van der Waals surface area (Å²) in [5.41, 5.74) is 0.760. The monoisotopic (exact) mass is 339 g/mol. The van der Waals surface area contributed by atoms with Crippen LogP contribution >= 0.6 is 0 Å². The minimum absolute atomic E-state index is 0.164. The molecule has 5 heterocycles. The zero-order valence-corrected chi connectivity index (χ0v) is 15.2. The molecule has 4 bridgehead atoms. The first-order valence-corrected chi connectivity index (χ1v) is 9.39. The van der Waals surface area contributed by atoms with Gasteiger partial charge in [-0.3, -0.25) is 19.4 Å². The van der Waals surface area contributed by atoms with Crippen molar-refractivity contribution in [3.63, 3.8) is 0 Å². The van der Waals surface area contributed by atoms with Gasteiger partial charge in [0, 0.05) is 38.3 Å². The fourth-order valence-electron chi connectivity index (χ4n) is 6.10. The van der Waals surface area contributed by atoms with Crippen molar-refractivity contribution in [1.82, 2.24) is 9.80 Å². The number of piperidine rings is 2. The molecule has 25 heavy (non-hydrogen) atoms. The van der Waals surface area contributed by atoms with Gasteiger partial charge in [0.1, 0.15) is 5.78 Å². The minimum atomic E-state index is -0.703. The van der Waals surface area contributed by atoms with Gasteiger partial charge in [-0.25, -0.2) is 0 Å². The van der Waals surface area contributed by atoms with Crippen LogP contribution in [0.15, 0.2) is 24.3 Å². The summed E-state index contributed by atoms with van der Waals surface area (Å²) in [7, 11) is 0. The summed E-state index contributed by atoms with van der Waals surface area (Å²) in [6.07, 6.45) is 0.845. The first-order chi connectivity index (χ1) is 11.9. The Morgan fingerprint density at radius 2 is 1.64 bits per heavy atom. The third-order valence-electron chi connectivity index (χ3n) is 7.12. The summed E-state index contributed by atoms with van der Waals surface area (Å²) < 4.78 is 0. The largest absolute Gasteiger partial charge is 0.309 e. The van der Waals surface area contributed by atoms with E-state index in [9.17, 15) is 9.59 Å². The summed E-state index contributed by atoms with van der Waals surface area (Å²) in [5.74, 6) is 0.577. The van der Waals surface area contributed by atoms with Crippen LogP contribution in [-0.2, 0) is 15.3 Å². The van der Waals surface area contributed by atoms with Crippen LogP contribution in [0, 0.1) is 10.8 Å². The van der Waals surface area contributed by atoms with Crippen LogP contribution in [0.5, 0.6) is 0 Å². The first-order valence-electron chi connectivity index (χ1n) is 9.39. The van der Waals surface area contributed by atoms with Crippen molar-refractivity contribution in [3.05, 3.63) is 29.8 Å². The third kappa shape index (κ3) is 1.50. The maximum atomic E-state index is 13.6. The highest BCUT2D eigenvalue weighted by atomic mass is 16.2. The van der Waals surface area contributed by atoms with Crippen molar-refractivity contribution < 1.29 is 9.59 Å². The van der Waals surface area contributed by atoms with Gasteiger partial charge < -0.3 is 4.90 Å². The number of amides is 1. The zero-order chi connectivity index (χ0) is 17.6. The second kappa shape index (κ2) is 4.51. The number of ketones is 1. The van der Waals surface area contributed by atoms with Crippen molar-refractivity contribution in [1.29, 1.82) is 0 Å². The van der Waals surface area contributed by atoms with Gasteiger partial charge in [0.05, 0.1) is 16.5 Å². The van der Waals surface area contributed by atoms with E-state index >= 15 is 0 Å². The van der Waals surface area contributed by atoms with Gasteiger partial charge in [0.2, 0.25) is 0 Å². The fraction of sp³-hybridized carbons (Fsp3) is 0.600. The molecule has 5 heteroatoms. The molecule has 2 unspecified atom stereocenters. The van der Waals surface area contributed by atoms with Crippen LogP contribution in [0.3, 0.4) is 0 Å². The molecular formula is C20H25N3O2. The highest BCUT2D eigenvalue weighted by Crippen LogP contribution is 2.59. The fourth-order valence-corrected chi connectivity index (χ4v) is 6.10. The number of anilines is 1. The number of hydrogen-bond acceptors (Lipinski definition) is 4. The predicted octanol–water partition coefficient (Wildman–Crippen LogP) is 1.82. The Hall–Kier alpha value is -1.72. The van der Waals surface area contributed by atoms with Gasteiger partial charge in [0.15, 0.2) is 5.66 Å². The number of para-hydroxylation sites is 1. The Morgan fingerprint density at radius 1 is 1.00 bits per heavy atom. The van der Waals surface area contributed by atoms with Crippen molar-refractivity contribution in [3.8, 4) is 0 Å². The van der Waals surface area contributed by atoms with Gasteiger partial charge >= 0.3 is 0 Å². The Kier molecular flexibility index (Phi) is 2.80. The lowest BCUT2D eigenvalue weighted by molar-refractivity contribution is -0.231. The summed E-state index contributed by atoms with van der Waals surface area (Å²) >= 11 is 0. The van der Waals surface area contributed by atoms with Gasteiger partial charge in [-0.2, -0.15) is 0 Å². The number of carbonyl (C=O) groups is 2. The molecule has 6 rings (SSSR count). The van der Waals surface area contributed by atoms with Gasteiger partial charge in [0.25, 0.3) is 5.91 Å². The van der Waals surface area contributed by atoms with E-state index < -0.39 is 5.66 Å². The highest BCUT2D eigenvalue weighted by molar-refractivity contribution is 6.08. The van der Waals surface area contributed by atoms with Gasteiger partial charge in [-0.15, -0.1) is 0 Å². The van der Waals surface area contributed by atoms with E-state index in [4.69, 9.17) is 0 Å². The van der Waals surface area contributed by atoms with E-state index in [1.165, 1.54) is 0 Å². The average molecular weight is 339 g/mol.